The predicted octanol–water partition coefficient (Wildman–Crippen LogP) is 1.80. The molecule has 2 saturated heterocycles. The summed E-state index contributed by atoms with van der Waals surface area (Å²) in [7, 11) is 0. The lowest BCUT2D eigenvalue weighted by Crippen LogP contribution is -2.51. The normalized spacial score (nSPS) is 27.5. The molecule has 3 atom stereocenters. The summed E-state index contributed by atoms with van der Waals surface area (Å²) in [5.74, 6) is 0.0554. The van der Waals surface area contributed by atoms with Gasteiger partial charge in [0.05, 0.1) is 5.92 Å². The van der Waals surface area contributed by atoms with Gasteiger partial charge in [-0.15, -0.1) is 0 Å². The van der Waals surface area contributed by atoms with Crippen LogP contribution in [-0.2, 0) is 4.79 Å². The number of nitrogens with zero attached hydrogens (tertiary/aromatic N) is 1. The van der Waals surface area contributed by atoms with Gasteiger partial charge in [-0.1, -0.05) is 18.2 Å². The molecule has 0 radical (unpaired) electrons. The average Bonchev–Trinajstić information content (AvgIpc) is 2.62. The van der Waals surface area contributed by atoms with Crippen LogP contribution in [0.15, 0.2) is 30.3 Å². The van der Waals surface area contributed by atoms with Gasteiger partial charge in [0.25, 0.3) is 5.91 Å². The van der Waals surface area contributed by atoms with Crippen LogP contribution in [0, 0.1) is 5.92 Å². The van der Waals surface area contributed by atoms with Crippen LogP contribution >= 0.6 is 0 Å². The zero-order valence-corrected chi connectivity index (χ0v) is 14.3. The van der Waals surface area contributed by atoms with Gasteiger partial charge in [0, 0.05) is 30.7 Å². The SMILES string of the molecule is CC1CC(NC(=O)C2CCCN(C(=O)c3ccccc3)C2)CCN1. The molecular weight excluding hydrogens is 302 g/mol. The standard InChI is InChI=1S/C19H27N3O2/c1-14-12-17(9-10-20-14)21-18(23)16-8-5-11-22(13-16)19(24)15-6-3-2-4-7-15/h2-4,6-7,14,16-17,20H,5,8-13H2,1H3,(H,21,23). The molecule has 0 spiro atoms. The van der Waals surface area contributed by atoms with Crippen LogP contribution in [0.2, 0.25) is 0 Å². The first-order valence-electron chi connectivity index (χ1n) is 9.01. The largest absolute Gasteiger partial charge is 0.353 e. The molecule has 5 nitrogen and oxygen atoms in total. The highest BCUT2D eigenvalue weighted by molar-refractivity contribution is 5.94. The molecule has 130 valence electrons. The van der Waals surface area contributed by atoms with Gasteiger partial charge in [0.15, 0.2) is 0 Å². The number of likely N-dealkylation sites (tertiary alicyclic amines) is 1. The van der Waals surface area contributed by atoms with E-state index in [9.17, 15) is 9.59 Å². The summed E-state index contributed by atoms with van der Waals surface area (Å²) in [5.41, 5.74) is 0.700. The summed E-state index contributed by atoms with van der Waals surface area (Å²) in [6, 6.07) is 10.0. The Morgan fingerprint density at radius 1 is 1.21 bits per heavy atom. The van der Waals surface area contributed by atoms with Gasteiger partial charge in [-0.3, -0.25) is 9.59 Å². The second-order valence-corrected chi connectivity index (χ2v) is 7.04. The summed E-state index contributed by atoms with van der Waals surface area (Å²) >= 11 is 0. The Labute approximate surface area is 143 Å². The van der Waals surface area contributed by atoms with Gasteiger partial charge in [-0.2, -0.15) is 0 Å². The Morgan fingerprint density at radius 2 is 2.00 bits per heavy atom. The highest BCUT2D eigenvalue weighted by Crippen LogP contribution is 2.20. The first-order chi connectivity index (χ1) is 11.6. The lowest BCUT2D eigenvalue weighted by molar-refractivity contribution is -0.127. The van der Waals surface area contributed by atoms with Gasteiger partial charge < -0.3 is 15.5 Å². The van der Waals surface area contributed by atoms with Gasteiger partial charge in [0.1, 0.15) is 0 Å². The fraction of sp³-hybridized carbons (Fsp3) is 0.579. The number of carbonyl (C=O) groups is 2. The van der Waals surface area contributed by atoms with Gasteiger partial charge >= 0.3 is 0 Å². The molecule has 2 aliphatic rings. The summed E-state index contributed by atoms with van der Waals surface area (Å²) < 4.78 is 0. The highest BCUT2D eigenvalue weighted by Gasteiger charge is 2.30. The smallest absolute Gasteiger partial charge is 0.253 e. The molecule has 2 N–H and O–H groups in total. The summed E-state index contributed by atoms with van der Waals surface area (Å²) in [5, 5.41) is 6.60. The van der Waals surface area contributed by atoms with E-state index in [0.717, 1.165) is 38.8 Å². The Balaban J connectivity index is 1.56. The molecule has 2 fully saturated rings. The van der Waals surface area contributed by atoms with Crippen molar-refractivity contribution >= 4 is 11.8 Å². The van der Waals surface area contributed by atoms with E-state index in [1.807, 2.05) is 35.2 Å². The lowest BCUT2D eigenvalue weighted by Gasteiger charge is -2.34. The van der Waals surface area contributed by atoms with Crippen LogP contribution in [0.4, 0.5) is 0 Å². The van der Waals surface area contributed by atoms with Crippen molar-refractivity contribution in [2.75, 3.05) is 19.6 Å². The summed E-state index contributed by atoms with van der Waals surface area (Å²) in [6.07, 6.45) is 3.71. The summed E-state index contributed by atoms with van der Waals surface area (Å²) in [4.78, 5) is 27.0. The highest BCUT2D eigenvalue weighted by atomic mass is 16.2. The minimum atomic E-state index is -0.0865. The maximum atomic E-state index is 12.6. The number of carbonyl (C=O) groups excluding carboxylic acids is 2. The number of benzene rings is 1. The molecule has 0 aliphatic carbocycles. The zero-order valence-electron chi connectivity index (χ0n) is 14.3. The van der Waals surface area contributed by atoms with Crippen LogP contribution in [0.25, 0.3) is 0 Å². The number of amides is 2. The number of piperidine rings is 2. The molecule has 3 unspecified atom stereocenters. The average molecular weight is 329 g/mol. The third kappa shape index (κ3) is 4.15. The fourth-order valence-corrected chi connectivity index (χ4v) is 3.72. The maximum absolute atomic E-state index is 12.6. The molecule has 3 rings (SSSR count). The van der Waals surface area contributed by atoms with E-state index < -0.39 is 0 Å². The monoisotopic (exact) mass is 329 g/mol. The quantitative estimate of drug-likeness (QED) is 0.889. The van der Waals surface area contributed by atoms with Gasteiger partial charge in [-0.05, 0) is 51.3 Å². The molecule has 2 heterocycles. The summed E-state index contributed by atoms with van der Waals surface area (Å²) in [6.45, 7) is 4.37. The van der Waals surface area contributed by atoms with E-state index in [1.165, 1.54) is 0 Å². The van der Waals surface area contributed by atoms with Crippen molar-refractivity contribution in [1.29, 1.82) is 0 Å². The minimum absolute atomic E-state index is 0.0311. The van der Waals surface area contributed by atoms with Crippen molar-refractivity contribution in [2.24, 2.45) is 5.92 Å². The van der Waals surface area contributed by atoms with Crippen LogP contribution in [0.5, 0.6) is 0 Å². The number of nitrogens with one attached hydrogen (secondary N) is 2. The maximum Gasteiger partial charge on any atom is 0.253 e. The Morgan fingerprint density at radius 3 is 2.75 bits per heavy atom. The molecule has 0 bridgehead atoms. The molecule has 24 heavy (non-hydrogen) atoms. The first-order valence-corrected chi connectivity index (χ1v) is 9.01. The lowest BCUT2D eigenvalue weighted by atomic mass is 9.94. The van der Waals surface area contributed by atoms with E-state index in [1.54, 1.807) is 0 Å². The third-order valence-electron chi connectivity index (χ3n) is 5.07. The molecule has 2 aliphatic heterocycles. The van der Waals surface area contributed by atoms with Crippen LogP contribution in [-0.4, -0.2) is 48.4 Å². The number of hydrogen-bond acceptors (Lipinski definition) is 3. The van der Waals surface area contributed by atoms with Crippen molar-refractivity contribution in [3.8, 4) is 0 Å². The van der Waals surface area contributed by atoms with Crippen molar-refractivity contribution < 1.29 is 9.59 Å². The van der Waals surface area contributed by atoms with E-state index in [4.69, 9.17) is 0 Å². The Bertz CT molecular complexity index is 575. The second kappa shape index (κ2) is 7.79. The zero-order chi connectivity index (χ0) is 16.9. The van der Waals surface area contributed by atoms with Crippen molar-refractivity contribution in [1.82, 2.24) is 15.5 Å². The molecule has 2 amide bonds. The first kappa shape index (κ1) is 17.0. The van der Waals surface area contributed by atoms with E-state index in [0.29, 0.717) is 18.2 Å². The predicted molar refractivity (Wildman–Crippen MR) is 93.7 cm³/mol. The third-order valence-corrected chi connectivity index (χ3v) is 5.07. The number of hydrogen-bond donors (Lipinski definition) is 2. The number of rotatable bonds is 3. The molecular formula is C19H27N3O2. The molecule has 1 aromatic carbocycles. The Hall–Kier alpha value is -1.88. The van der Waals surface area contributed by atoms with Crippen molar-refractivity contribution in [3.63, 3.8) is 0 Å². The van der Waals surface area contributed by atoms with Crippen molar-refractivity contribution in [2.45, 2.75) is 44.7 Å². The van der Waals surface area contributed by atoms with E-state index in [-0.39, 0.29) is 23.8 Å². The Kier molecular flexibility index (Phi) is 5.51. The molecule has 0 saturated carbocycles. The minimum Gasteiger partial charge on any atom is -0.353 e. The van der Waals surface area contributed by atoms with Crippen LogP contribution < -0.4 is 10.6 Å². The molecule has 5 heteroatoms. The van der Waals surface area contributed by atoms with E-state index in [2.05, 4.69) is 17.6 Å². The van der Waals surface area contributed by atoms with Crippen LogP contribution in [0.1, 0.15) is 43.0 Å². The molecule has 0 aromatic heterocycles. The van der Waals surface area contributed by atoms with E-state index >= 15 is 0 Å². The van der Waals surface area contributed by atoms with Gasteiger partial charge in [-0.25, -0.2) is 0 Å². The van der Waals surface area contributed by atoms with Gasteiger partial charge in [0.2, 0.25) is 5.91 Å². The fourth-order valence-electron chi connectivity index (χ4n) is 3.72. The van der Waals surface area contributed by atoms with Crippen molar-refractivity contribution in [3.05, 3.63) is 35.9 Å². The second-order valence-electron chi connectivity index (χ2n) is 7.04. The topological polar surface area (TPSA) is 61.4 Å². The van der Waals surface area contributed by atoms with Crippen LogP contribution in [0.3, 0.4) is 0 Å². The molecule has 1 aromatic rings.